The largest absolute Gasteiger partial charge is 0.503 e. The van der Waals surface area contributed by atoms with Crippen molar-refractivity contribution in [2.24, 2.45) is 0 Å². The van der Waals surface area contributed by atoms with E-state index in [1.165, 1.54) is 18.9 Å². The molecule has 0 saturated carbocycles. The van der Waals surface area contributed by atoms with Crippen LogP contribution in [0.15, 0.2) is 47.4 Å². The van der Waals surface area contributed by atoms with Gasteiger partial charge in [0.2, 0.25) is 0 Å². The van der Waals surface area contributed by atoms with Crippen molar-refractivity contribution in [2.75, 3.05) is 7.11 Å². The molecule has 25 heavy (non-hydrogen) atoms. The summed E-state index contributed by atoms with van der Waals surface area (Å²) in [6, 6.07) is 12.9. The van der Waals surface area contributed by atoms with Gasteiger partial charge in [-0.2, -0.15) is 0 Å². The van der Waals surface area contributed by atoms with Gasteiger partial charge in [-0.3, -0.25) is 9.69 Å². The smallest absolute Gasteiger partial charge is 0.266 e. The average Bonchev–Trinajstić information content (AvgIpc) is 2.86. The normalized spacial score (nSPS) is 15.9. The van der Waals surface area contributed by atoms with Crippen molar-refractivity contribution in [2.45, 2.75) is 6.54 Å². The molecule has 0 atom stereocenters. The van der Waals surface area contributed by atoms with E-state index in [0.29, 0.717) is 21.3 Å². The van der Waals surface area contributed by atoms with Crippen molar-refractivity contribution in [3.8, 4) is 11.5 Å². The van der Waals surface area contributed by atoms with E-state index in [1.807, 2.05) is 30.3 Å². The number of carbonyl (C=O) groups excluding carboxylic acids is 1. The Hall–Kier alpha value is -2.02. The van der Waals surface area contributed by atoms with E-state index >= 15 is 0 Å². The number of halogens is 1. The lowest BCUT2D eigenvalue weighted by Crippen LogP contribution is -2.27. The molecule has 0 spiro atoms. The summed E-state index contributed by atoms with van der Waals surface area (Å²) in [6.45, 7) is 0.433. The maximum Gasteiger partial charge on any atom is 0.266 e. The zero-order valence-corrected chi connectivity index (χ0v) is 15.6. The molecular weight excluding hydrogens is 378 g/mol. The molecule has 0 unspecified atom stereocenters. The monoisotopic (exact) mass is 391 g/mol. The van der Waals surface area contributed by atoms with Gasteiger partial charge >= 0.3 is 0 Å². The molecule has 3 rings (SSSR count). The molecule has 2 aromatic rings. The number of hydrogen-bond donors (Lipinski definition) is 1. The lowest BCUT2D eigenvalue weighted by Gasteiger charge is -2.14. The number of nitrogens with zero attached hydrogens (tertiary/aromatic N) is 1. The predicted molar refractivity (Wildman–Crippen MR) is 105 cm³/mol. The number of rotatable bonds is 4. The van der Waals surface area contributed by atoms with Crippen LogP contribution in [0.25, 0.3) is 6.08 Å². The summed E-state index contributed by atoms with van der Waals surface area (Å²) in [5.41, 5.74) is 1.66. The molecule has 2 aromatic carbocycles. The third-order valence-electron chi connectivity index (χ3n) is 3.63. The van der Waals surface area contributed by atoms with Crippen LogP contribution in [0.3, 0.4) is 0 Å². The van der Waals surface area contributed by atoms with E-state index in [4.69, 9.17) is 28.6 Å². The topological polar surface area (TPSA) is 49.8 Å². The number of benzene rings is 2. The predicted octanol–water partition coefficient (Wildman–Crippen LogP) is 4.46. The second-order valence-corrected chi connectivity index (χ2v) is 7.39. The molecule has 1 aliphatic rings. The highest BCUT2D eigenvalue weighted by Gasteiger charge is 2.32. The number of methoxy groups -OCH3 is 1. The van der Waals surface area contributed by atoms with Crippen LogP contribution >= 0.6 is 35.6 Å². The highest BCUT2D eigenvalue weighted by Crippen LogP contribution is 2.38. The molecule has 0 aromatic heterocycles. The Balaban J connectivity index is 1.87. The Morgan fingerprint density at radius 3 is 2.72 bits per heavy atom. The first-order chi connectivity index (χ1) is 12.0. The number of ether oxygens (including phenoxy) is 1. The van der Waals surface area contributed by atoms with Crippen LogP contribution in [0.4, 0.5) is 0 Å². The minimum absolute atomic E-state index is 0.127. The van der Waals surface area contributed by atoms with Crippen LogP contribution in [-0.2, 0) is 11.3 Å². The maximum absolute atomic E-state index is 12.7. The minimum Gasteiger partial charge on any atom is -0.503 e. The number of thiocarbonyl (C=S) groups is 1. The van der Waals surface area contributed by atoms with E-state index in [0.717, 1.165) is 5.56 Å². The highest BCUT2D eigenvalue weighted by molar-refractivity contribution is 8.26. The van der Waals surface area contributed by atoms with E-state index in [2.05, 4.69) is 0 Å². The molecule has 4 nitrogen and oxygen atoms in total. The zero-order valence-electron chi connectivity index (χ0n) is 13.2. The van der Waals surface area contributed by atoms with Crippen LogP contribution in [0.5, 0.6) is 11.5 Å². The van der Waals surface area contributed by atoms with Crippen LogP contribution in [0, 0.1) is 0 Å². The summed E-state index contributed by atoms with van der Waals surface area (Å²) >= 11 is 12.6. The summed E-state index contributed by atoms with van der Waals surface area (Å²) < 4.78 is 5.60. The van der Waals surface area contributed by atoms with Crippen LogP contribution in [-0.4, -0.2) is 27.3 Å². The summed E-state index contributed by atoms with van der Waals surface area (Å²) in [4.78, 5) is 14.7. The number of thioether (sulfide) groups is 1. The van der Waals surface area contributed by atoms with Crippen molar-refractivity contribution in [3.05, 3.63) is 63.5 Å². The molecule has 1 N–H and O–H groups in total. The standard InChI is InChI=1S/C18H14ClNO3S2/c1-23-14-8-12(7-13(19)16(14)21)9-15-17(22)20(18(24)25-15)10-11-5-3-2-4-6-11/h2-9,21H,10H2,1H3. The molecule has 7 heteroatoms. The van der Waals surface area contributed by atoms with Gasteiger partial charge in [0, 0.05) is 0 Å². The first-order valence-electron chi connectivity index (χ1n) is 7.35. The third-order valence-corrected chi connectivity index (χ3v) is 5.29. The Morgan fingerprint density at radius 2 is 2.04 bits per heavy atom. The molecular formula is C18H14ClNO3S2. The lowest BCUT2D eigenvalue weighted by molar-refractivity contribution is -0.122. The zero-order chi connectivity index (χ0) is 18.0. The van der Waals surface area contributed by atoms with Gasteiger partial charge in [0.05, 0.1) is 23.6 Å². The molecule has 1 aliphatic heterocycles. The van der Waals surface area contributed by atoms with Gasteiger partial charge < -0.3 is 9.84 Å². The number of carbonyl (C=O) groups is 1. The number of amides is 1. The van der Waals surface area contributed by atoms with Gasteiger partial charge in [-0.25, -0.2) is 0 Å². The quantitative estimate of drug-likeness (QED) is 0.616. The lowest BCUT2D eigenvalue weighted by atomic mass is 10.1. The SMILES string of the molecule is COc1cc(C=C2SC(=S)N(Cc3ccccc3)C2=O)cc(Cl)c1O. The summed E-state index contributed by atoms with van der Waals surface area (Å²) in [6.07, 6.45) is 1.69. The fourth-order valence-electron chi connectivity index (χ4n) is 2.39. The summed E-state index contributed by atoms with van der Waals surface area (Å²) in [5.74, 6) is -0.0292. The van der Waals surface area contributed by atoms with Crippen molar-refractivity contribution in [1.29, 1.82) is 0 Å². The Morgan fingerprint density at radius 1 is 1.32 bits per heavy atom. The Labute approximate surface area is 160 Å². The van der Waals surface area contributed by atoms with E-state index in [9.17, 15) is 9.90 Å². The van der Waals surface area contributed by atoms with Gasteiger partial charge in [0.1, 0.15) is 4.32 Å². The van der Waals surface area contributed by atoms with Crippen molar-refractivity contribution in [1.82, 2.24) is 4.90 Å². The molecule has 1 fully saturated rings. The van der Waals surface area contributed by atoms with E-state index in [1.54, 1.807) is 23.1 Å². The molecule has 0 bridgehead atoms. The number of phenolic OH excluding ortho intramolecular Hbond substituents is 1. The molecule has 1 heterocycles. The van der Waals surface area contributed by atoms with Crippen LogP contribution in [0.1, 0.15) is 11.1 Å². The second-order valence-electron chi connectivity index (χ2n) is 5.31. The molecule has 0 aliphatic carbocycles. The summed E-state index contributed by atoms with van der Waals surface area (Å²) in [5, 5.41) is 9.96. The molecule has 1 amide bonds. The number of hydrogen-bond acceptors (Lipinski definition) is 5. The fraction of sp³-hybridized carbons (Fsp3) is 0.111. The first kappa shape index (κ1) is 17.8. The van der Waals surface area contributed by atoms with Gasteiger partial charge in [-0.1, -0.05) is 65.9 Å². The molecule has 128 valence electrons. The maximum atomic E-state index is 12.7. The summed E-state index contributed by atoms with van der Waals surface area (Å²) in [7, 11) is 1.44. The van der Waals surface area contributed by atoms with Crippen molar-refractivity contribution < 1.29 is 14.6 Å². The van der Waals surface area contributed by atoms with E-state index < -0.39 is 0 Å². The minimum atomic E-state index is -0.151. The van der Waals surface area contributed by atoms with Crippen molar-refractivity contribution in [3.63, 3.8) is 0 Å². The van der Waals surface area contributed by atoms with Gasteiger partial charge in [0.15, 0.2) is 11.5 Å². The van der Waals surface area contributed by atoms with Gasteiger partial charge in [-0.15, -0.1) is 0 Å². The first-order valence-corrected chi connectivity index (χ1v) is 8.95. The average molecular weight is 392 g/mol. The highest BCUT2D eigenvalue weighted by atomic mass is 35.5. The van der Waals surface area contributed by atoms with Gasteiger partial charge in [-0.05, 0) is 29.3 Å². The fourth-order valence-corrected chi connectivity index (χ4v) is 3.86. The third kappa shape index (κ3) is 3.81. The van der Waals surface area contributed by atoms with Crippen molar-refractivity contribution >= 4 is 51.9 Å². The Bertz CT molecular complexity index is 868. The number of phenols is 1. The molecule has 1 saturated heterocycles. The van der Waals surface area contributed by atoms with E-state index in [-0.39, 0.29) is 22.4 Å². The van der Waals surface area contributed by atoms with Crippen LogP contribution in [0.2, 0.25) is 5.02 Å². The second kappa shape index (κ2) is 7.47. The van der Waals surface area contributed by atoms with Crippen LogP contribution < -0.4 is 4.74 Å². The Kier molecular flexibility index (Phi) is 5.32. The number of aromatic hydroxyl groups is 1. The van der Waals surface area contributed by atoms with Gasteiger partial charge in [0.25, 0.3) is 5.91 Å². The molecule has 0 radical (unpaired) electrons.